The molecule has 1 N–H and O–H groups in total. The van der Waals surface area contributed by atoms with Gasteiger partial charge in [-0.2, -0.15) is 8.42 Å². The van der Waals surface area contributed by atoms with Gasteiger partial charge in [0.25, 0.3) is 0 Å². The van der Waals surface area contributed by atoms with Crippen LogP contribution < -0.4 is 0 Å². The van der Waals surface area contributed by atoms with Gasteiger partial charge in [0.15, 0.2) is 4.21 Å². The average molecular weight is 350 g/mol. The first-order valence-corrected chi connectivity index (χ1v) is 7.44. The number of halogens is 2. The fourth-order valence-corrected chi connectivity index (χ4v) is 4.24. The van der Waals surface area contributed by atoms with E-state index in [2.05, 4.69) is 31.9 Å². The van der Waals surface area contributed by atoms with Gasteiger partial charge in [-0.1, -0.05) is 15.9 Å². The third-order valence-electron chi connectivity index (χ3n) is 1.34. The van der Waals surface area contributed by atoms with E-state index in [0.717, 1.165) is 11.3 Å². The molecule has 1 heterocycles. The van der Waals surface area contributed by atoms with Crippen LogP contribution in [0.5, 0.6) is 0 Å². The summed E-state index contributed by atoms with van der Waals surface area (Å²) in [5, 5.41) is 0.665. The van der Waals surface area contributed by atoms with Crippen LogP contribution in [0.2, 0.25) is 0 Å². The number of hydrogen-bond donors (Lipinski definition) is 1. The molecule has 0 aliphatic heterocycles. The molecule has 7 heteroatoms. The van der Waals surface area contributed by atoms with E-state index in [-0.39, 0.29) is 4.21 Å². The van der Waals surface area contributed by atoms with Crippen molar-refractivity contribution in [2.45, 2.75) is 10.6 Å². The van der Waals surface area contributed by atoms with E-state index in [1.165, 1.54) is 0 Å². The van der Waals surface area contributed by atoms with Gasteiger partial charge in [0, 0.05) is 5.33 Å². The van der Waals surface area contributed by atoms with Crippen LogP contribution >= 0.6 is 43.2 Å². The summed E-state index contributed by atoms with van der Waals surface area (Å²) in [6.45, 7) is 0. The van der Waals surface area contributed by atoms with Crippen molar-refractivity contribution in [1.82, 2.24) is 0 Å². The monoisotopic (exact) mass is 348 g/mol. The molecule has 0 radical (unpaired) electrons. The molecular formula is C6H6Br2O3S2. The van der Waals surface area contributed by atoms with Crippen molar-refractivity contribution in [1.29, 1.82) is 0 Å². The van der Waals surface area contributed by atoms with Gasteiger partial charge in [-0.15, -0.1) is 11.3 Å². The molecule has 1 aromatic rings. The predicted octanol–water partition coefficient (Wildman–Crippen LogP) is 2.69. The normalized spacial score (nSPS) is 11.9. The van der Waals surface area contributed by atoms with E-state index in [1.54, 1.807) is 6.07 Å². The van der Waals surface area contributed by atoms with Gasteiger partial charge in [0.2, 0.25) is 0 Å². The Kier molecular flexibility index (Phi) is 3.94. The predicted molar refractivity (Wildman–Crippen MR) is 59.3 cm³/mol. The lowest BCUT2D eigenvalue weighted by Gasteiger charge is -1.96. The Morgan fingerprint density at radius 3 is 2.62 bits per heavy atom. The Balaban J connectivity index is 3.20. The minimum atomic E-state index is -4.07. The summed E-state index contributed by atoms with van der Waals surface area (Å²) in [7, 11) is -4.07. The van der Waals surface area contributed by atoms with Crippen molar-refractivity contribution in [2.75, 3.05) is 5.33 Å². The highest BCUT2D eigenvalue weighted by Gasteiger charge is 2.18. The minimum absolute atomic E-state index is 0.0267. The maximum absolute atomic E-state index is 10.9. The molecule has 0 amide bonds. The zero-order chi connectivity index (χ0) is 10.1. The lowest BCUT2D eigenvalue weighted by Crippen LogP contribution is -1.99. The van der Waals surface area contributed by atoms with Crippen molar-refractivity contribution in [2.24, 2.45) is 0 Å². The van der Waals surface area contributed by atoms with Crippen LogP contribution in [0.4, 0.5) is 0 Å². The Labute approximate surface area is 97.2 Å². The highest BCUT2D eigenvalue weighted by Crippen LogP contribution is 2.31. The molecule has 13 heavy (non-hydrogen) atoms. The Bertz CT molecular complexity index is 396. The minimum Gasteiger partial charge on any atom is -0.281 e. The zero-order valence-electron chi connectivity index (χ0n) is 6.33. The summed E-state index contributed by atoms with van der Waals surface area (Å²) < 4.78 is 31.3. The molecule has 0 atom stereocenters. The Hall–Kier alpha value is 0.570. The van der Waals surface area contributed by atoms with E-state index in [9.17, 15) is 8.42 Å². The standard InChI is InChI=1S/C6H6Br2O3S2/c7-2-1-4-3-5(8)12-6(4)13(9,10)11/h3H,1-2H2,(H,9,10,11). The van der Waals surface area contributed by atoms with Crippen LogP contribution in [0.25, 0.3) is 0 Å². The topological polar surface area (TPSA) is 54.4 Å². The zero-order valence-corrected chi connectivity index (χ0v) is 11.1. The summed E-state index contributed by atoms with van der Waals surface area (Å²) >= 11 is 7.40. The van der Waals surface area contributed by atoms with Crippen LogP contribution in [-0.4, -0.2) is 18.3 Å². The third-order valence-corrected chi connectivity index (χ3v) is 4.82. The van der Waals surface area contributed by atoms with E-state index in [0.29, 0.717) is 21.1 Å². The van der Waals surface area contributed by atoms with Gasteiger partial charge in [0.05, 0.1) is 3.79 Å². The highest BCUT2D eigenvalue weighted by molar-refractivity contribution is 9.11. The van der Waals surface area contributed by atoms with Gasteiger partial charge in [-0.25, -0.2) is 0 Å². The molecule has 0 bridgehead atoms. The third kappa shape index (κ3) is 3.02. The van der Waals surface area contributed by atoms with Gasteiger partial charge in [-0.3, -0.25) is 4.55 Å². The van der Waals surface area contributed by atoms with Crippen molar-refractivity contribution in [3.8, 4) is 0 Å². The van der Waals surface area contributed by atoms with Crippen LogP contribution in [0.3, 0.4) is 0 Å². The van der Waals surface area contributed by atoms with E-state index in [4.69, 9.17) is 4.55 Å². The average Bonchev–Trinajstić information content (AvgIpc) is 2.30. The first-order valence-electron chi connectivity index (χ1n) is 3.27. The maximum Gasteiger partial charge on any atom is 0.304 e. The molecular weight excluding hydrogens is 344 g/mol. The second-order valence-corrected chi connectivity index (χ2v) is 7.12. The fourth-order valence-electron chi connectivity index (χ4n) is 0.874. The van der Waals surface area contributed by atoms with Gasteiger partial charge < -0.3 is 0 Å². The largest absolute Gasteiger partial charge is 0.304 e. The second kappa shape index (κ2) is 4.39. The lowest BCUT2D eigenvalue weighted by molar-refractivity contribution is 0.485. The van der Waals surface area contributed by atoms with Crippen molar-refractivity contribution in [3.05, 3.63) is 15.4 Å². The fraction of sp³-hybridized carbons (Fsp3) is 0.333. The molecule has 0 aromatic carbocycles. The molecule has 0 fully saturated rings. The SMILES string of the molecule is O=S(=O)(O)c1sc(Br)cc1CCBr. The number of thiophene rings is 1. The Morgan fingerprint density at radius 1 is 1.54 bits per heavy atom. The molecule has 1 rings (SSSR count). The van der Waals surface area contributed by atoms with Crippen molar-refractivity contribution in [3.63, 3.8) is 0 Å². The van der Waals surface area contributed by atoms with E-state index < -0.39 is 10.1 Å². The van der Waals surface area contributed by atoms with Crippen molar-refractivity contribution < 1.29 is 13.0 Å². The molecule has 1 aromatic heterocycles. The Morgan fingerprint density at radius 2 is 2.15 bits per heavy atom. The molecule has 0 spiro atoms. The van der Waals surface area contributed by atoms with Gasteiger partial charge in [-0.05, 0) is 34.0 Å². The lowest BCUT2D eigenvalue weighted by atomic mass is 10.3. The highest BCUT2D eigenvalue weighted by atomic mass is 79.9. The van der Waals surface area contributed by atoms with Crippen molar-refractivity contribution >= 4 is 53.3 Å². The molecule has 0 saturated heterocycles. The molecule has 3 nitrogen and oxygen atoms in total. The van der Waals surface area contributed by atoms with Crippen LogP contribution in [0.1, 0.15) is 5.56 Å². The number of alkyl halides is 1. The molecule has 0 aliphatic rings. The molecule has 0 saturated carbocycles. The summed E-state index contributed by atoms with van der Waals surface area (Å²) in [6, 6.07) is 1.70. The van der Waals surface area contributed by atoms with Gasteiger partial charge in [0.1, 0.15) is 0 Å². The van der Waals surface area contributed by atoms with Crippen LogP contribution in [0.15, 0.2) is 14.1 Å². The summed E-state index contributed by atoms with van der Waals surface area (Å²) in [6.07, 6.45) is 0.581. The summed E-state index contributed by atoms with van der Waals surface area (Å²) in [5.74, 6) is 0. The summed E-state index contributed by atoms with van der Waals surface area (Å²) in [4.78, 5) is 0. The molecule has 74 valence electrons. The van der Waals surface area contributed by atoms with E-state index in [1.807, 2.05) is 0 Å². The molecule has 0 unspecified atom stereocenters. The first kappa shape index (κ1) is 11.6. The molecule has 0 aliphatic carbocycles. The smallest absolute Gasteiger partial charge is 0.281 e. The summed E-state index contributed by atoms with van der Waals surface area (Å²) in [5.41, 5.74) is 0.635. The van der Waals surface area contributed by atoms with E-state index >= 15 is 0 Å². The first-order chi connectivity index (χ1) is 5.95. The number of hydrogen-bond acceptors (Lipinski definition) is 3. The van der Waals surface area contributed by atoms with Crippen LogP contribution in [0, 0.1) is 0 Å². The maximum atomic E-state index is 10.9. The second-order valence-electron chi connectivity index (χ2n) is 2.28. The van der Waals surface area contributed by atoms with Gasteiger partial charge >= 0.3 is 10.1 Å². The van der Waals surface area contributed by atoms with Crippen LogP contribution in [-0.2, 0) is 16.5 Å². The number of rotatable bonds is 3. The quantitative estimate of drug-likeness (QED) is 0.674. The number of aryl methyl sites for hydroxylation is 1.